The van der Waals surface area contributed by atoms with E-state index < -0.39 is 6.04 Å². The fraction of sp³-hybridized carbons (Fsp3) is 0.467. The maximum atomic E-state index is 11.2. The first kappa shape index (κ1) is 20.7. The molecule has 1 atom stereocenters. The molecule has 0 aliphatic heterocycles. The van der Waals surface area contributed by atoms with Crippen molar-refractivity contribution in [3.8, 4) is 5.75 Å². The molecule has 0 amide bonds. The fourth-order valence-electron chi connectivity index (χ4n) is 1.87. The molecule has 0 fully saturated rings. The smallest absolute Gasteiger partial charge is 0.323 e. The number of carbonyl (C=O) groups excluding carboxylic acids is 1. The van der Waals surface area contributed by atoms with Gasteiger partial charge in [-0.15, -0.1) is 11.3 Å². The van der Waals surface area contributed by atoms with E-state index in [-0.39, 0.29) is 12.1 Å². The molecule has 0 bridgehead atoms. The van der Waals surface area contributed by atoms with Crippen molar-refractivity contribution in [2.45, 2.75) is 18.2 Å². The molecule has 134 valence electrons. The zero-order valence-electron chi connectivity index (χ0n) is 13.7. The summed E-state index contributed by atoms with van der Waals surface area (Å²) in [5, 5.41) is 1.00. The number of thioether (sulfide) groups is 1. The molecule has 7 nitrogen and oxygen atoms in total. The summed E-state index contributed by atoms with van der Waals surface area (Å²) >= 11 is 3.19. The minimum absolute atomic E-state index is 0. The fourth-order valence-corrected chi connectivity index (χ4v) is 3.89. The lowest BCUT2D eigenvalue weighted by Gasteiger charge is -2.07. The molecule has 1 unspecified atom stereocenters. The van der Waals surface area contributed by atoms with Crippen LogP contribution in [0.2, 0.25) is 0 Å². The van der Waals surface area contributed by atoms with Gasteiger partial charge in [0.2, 0.25) is 0 Å². The summed E-state index contributed by atoms with van der Waals surface area (Å²) in [6.45, 7) is 1.24. The molecule has 0 aliphatic rings. The number of fused-ring (bicyclic) bond motifs is 1. The van der Waals surface area contributed by atoms with Crippen LogP contribution in [0.3, 0.4) is 0 Å². The van der Waals surface area contributed by atoms with Crippen LogP contribution in [-0.2, 0) is 15.3 Å². The summed E-state index contributed by atoms with van der Waals surface area (Å²) in [6, 6.07) is 5.28. The molecule has 24 heavy (non-hydrogen) atoms. The van der Waals surface area contributed by atoms with E-state index in [1.165, 1.54) is 7.11 Å². The number of methoxy groups -OCH3 is 1. The van der Waals surface area contributed by atoms with Crippen LogP contribution in [0.25, 0.3) is 10.2 Å². The van der Waals surface area contributed by atoms with Crippen molar-refractivity contribution in [2.75, 3.05) is 26.0 Å². The minimum atomic E-state index is -0.595. The number of rotatable bonds is 9. The molecule has 2 rings (SSSR count). The third-order valence-corrected chi connectivity index (χ3v) is 5.32. The number of ether oxygens (including phenoxy) is 2. The summed E-state index contributed by atoms with van der Waals surface area (Å²) in [6.07, 6.45) is 0.836. The van der Waals surface area contributed by atoms with Crippen molar-refractivity contribution in [1.29, 1.82) is 0 Å². The van der Waals surface area contributed by atoms with Crippen molar-refractivity contribution in [3.63, 3.8) is 0 Å². The molecule has 1 heterocycles. The van der Waals surface area contributed by atoms with Crippen molar-refractivity contribution in [2.24, 2.45) is 11.5 Å². The first-order valence-corrected chi connectivity index (χ1v) is 9.24. The van der Waals surface area contributed by atoms with E-state index in [1.54, 1.807) is 23.1 Å². The molecule has 2 aromatic rings. The van der Waals surface area contributed by atoms with Gasteiger partial charge in [-0.1, -0.05) is 0 Å². The van der Waals surface area contributed by atoms with Gasteiger partial charge in [0, 0.05) is 11.5 Å². The maximum Gasteiger partial charge on any atom is 0.323 e. The molecule has 9 heteroatoms. The Morgan fingerprint density at radius 3 is 2.96 bits per heavy atom. The number of benzene rings is 1. The number of nitrogens with two attached hydrogens (primary N) is 2. The van der Waals surface area contributed by atoms with Crippen LogP contribution in [-0.4, -0.2) is 43.0 Å². The number of nitrogens with zero attached hydrogens (tertiary/aromatic N) is 1. The largest absolute Gasteiger partial charge is 0.493 e. The second-order valence-electron chi connectivity index (χ2n) is 4.87. The molecule has 0 saturated heterocycles. The second kappa shape index (κ2) is 10.5. The predicted molar refractivity (Wildman–Crippen MR) is 100.0 cm³/mol. The Kier molecular flexibility index (Phi) is 9.01. The van der Waals surface area contributed by atoms with Crippen LogP contribution in [0, 0.1) is 0 Å². The third kappa shape index (κ3) is 5.91. The van der Waals surface area contributed by atoms with Gasteiger partial charge in [-0.3, -0.25) is 4.79 Å². The number of esters is 1. The quantitative estimate of drug-likeness (QED) is 0.449. The van der Waals surface area contributed by atoms with E-state index in [1.807, 2.05) is 18.2 Å². The Labute approximate surface area is 149 Å². The third-order valence-electron chi connectivity index (χ3n) is 3.05. The molecule has 0 spiro atoms. The van der Waals surface area contributed by atoms with E-state index in [4.69, 9.17) is 16.2 Å². The van der Waals surface area contributed by atoms with Gasteiger partial charge in [-0.05, 0) is 31.2 Å². The average Bonchev–Trinajstić information content (AvgIpc) is 2.96. The van der Waals surface area contributed by atoms with Gasteiger partial charge in [-0.25, -0.2) is 4.98 Å². The number of hydrogen-bond acceptors (Lipinski definition) is 9. The Morgan fingerprint density at radius 2 is 2.25 bits per heavy atom. The van der Waals surface area contributed by atoms with Crippen molar-refractivity contribution < 1.29 is 14.3 Å². The van der Waals surface area contributed by atoms with E-state index in [2.05, 4.69) is 9.72 Å². The summed E-state index contributed by atoms with van der Waals surface area (Å²) in [5.41, 5.74) is 12.1. The maximum absolute atomic E-state index is 11.2. The highest BCUT2D eigenvalue weighted by atomic mass is 32.2. The van der Waals surface area contributed by atoms with Gasteiger partial charge < -0.3 is 27.1 Å². The first-order chi connectivity index (χ1) is 11.1. The highest BCUT2D eigenvalue weighted by Crippen LogP contribution is 2.28. The number of carbonyl (C=O) groups is 1. The summed E-state index contributed by atoms with van der Waals surface area (Å²) < 4.78 is 11.3. The highest BCUT2D eigenvalue weighted by Gasteiger charge is 2.14. The van der Waals surface area contributed by atoms with Crippen LogP contribution in [0.15, 0.2) is 18.2 Å². The van der Waals surface area contributed by atoms with Gasteiger partial charge >= 0.3 is 5.97 Å². The average molecular weight is 373 g/mol. The van der Waals surface area contributed by atoms with E-state index in [9.17, 15) is 4.79 Å². The molecule has 0 saturated carbocycles. The van der Waals surface area contributed by atoms with Crippen LogP contribution >= 0.6 is 23.1 Å². The van der Waals surface area contributed by atoms with Crippen molar-refractivity contribution in [1.82, 2.24) is 11.1 Å². The van der Waals surface area contributed by atoms with E-state index in [0.717, 1.165) is 27.4 Å². The van der Waals surface area contributed by atoms with Crippen LogP contribution in [0.4, 0.5) is 0 Å². The number of thiazole rings is 1. The van der Waals surface area contributed by atoms with Crippen molar-refractivity contribution in [3.05, 3.63) is 23.2 Å². The first-order valence-electron chi connectivity index (χ1n) is 7.27. The summed E-state index contributed by atoms with van der Waals surface area (Å²) in [7, 11) is 1.34. The lowest BCUT2D eigenvalue weighted by atomic mass is 10.3. The lowest BCUT2D eigenvalue weighted by Crippen LogP contribution is -2.33. The molecule has 0 aliphatic carbocycles. The minimum Gasteiger partial charge on any atom is -0.493 e. The Morgan fingerprint density at radius 1 is 1.46 bits per heavy atom. The normalized spacial score (nSPS) is 11.8. The number of hydrogen-bond donors (Lipinski definition) is 3. The Bertz CT molecular complexity index is 651. The highest BCUT2D eigenvalue weighted by molar-refractivity contribution is 7.98. The summed E-state index contributed by atoms with van der Waals surface area (Å²) in [4.78, 5) is 15.8. The van der Waals surface area contributed by atoms with Gasteiger partial charge in [0.15, 0.2) is 0 Å². The molecule has 1 aromatic carbocycles. The monoisotopic (exact) mass is 372 g/mol. The van der Waals surface area contributed by atoms with Gasteiger partial charge in [-0.2, -0.15) is 11.8 Å². The van der Waals surface area contributed by atoms with Gasteiger partial charge in [0.1, 0.15) is 16.8 Å². The predicted octanol–water partition coefficient (Wildman–Crippen LogP) is 1.92. The zero-order valence-corrected chi connectivity index (χ0v) is 15.3. The number of aromatic nitrogens is 1. The Balaban J connectivity index is 0.00000288. The molecule has 0 radical (unpaired) electrons. The SMILES string of the molecule is COC(=O)C(N)CSCc1nc2ccc(OCCCN)cc2s1.N. The van der Waals surface area contributed by atoms with E-state index in [0.29, 0.717) is 24.7 Å². The zero-order chi connectivity index (χ0) is 16.7. The Hall–Kier alpha value is -1.39. The van der Waals surface area contributed by atoms with E-state index >= 15 is 0 Å². The van der Waals surface area contributed by atoms with Crippen LogP contribution in [0.5, 0.6) is 5.75 Å². The second-order valence-corrected chi connectivity index (χ2v) is 7.02. The molecule has 1 aromatic heterocycles. The van der Waals surface area contributed by atoms with Crippen molar-refractivity contribution >= 4 is 39.3 Å². The molecule has 7 N–H and O–H groups in total. The van der Waals surface area contributed by atoms with Gasteiger partial charge in [0.25, 0.3) is 0 Å². The lowest BCUT2D eigenvalue weighted by molar-refractivity contribution is -0.141. The molecular formula is C15H24N4O3S2. The van der Waals surface area contributed by atoms with Crippen LogP contribution in [0.1, 0.15) is 11.4 Å². The molecular weight excluding hydrogens is 348 g/mol. The topological polar surface area (TPSA) is 135 Å². The standard InChI is InChI=1S/C15H21N3O3S2.H3N/c1-20-15(19)11(17)8-22-9-14-18-12-4-3-10(7-13(12)23-14)21-6-2-5-16;/h3-4,7,11H,2,5-6,8-9,16-17H2,1H3;1H3. The van der Waals surface area contributed by atoms with Gasteiger partial charge in [0.05, 0.1) is 23.9 Å². The summed E-state index contributed by atoms with van der Waals surface area (Å²) in [5.74, 6) is 1.67. The van der Waals surface area contributed by atoms with Crippen LogP contribution < -0.4 is 22.4 Å².